The lowest BCUT2D eigenvalue weighted by Gasteiger charge is -2.19. The first-order valence-electron chi connectivity index (χ1n) is 10.1. The lowest BCUT2D eigenvalue weighted by Crippen LogP contribution is -2.33. The lowest BCUT2D eigenvalue weighted by atomic mass is 10.1. The minimum Gasteiger partial charge on any atom is -0.387 e. The van der Waals surface area contributed by atoms with Gasteiger partial charge >= 0.3 is 7.82 Å². The third kappa shape index (κ3) is 5.53. The fourth-order valence-electron chi connectivity index (χ4n) is 3.57. The zero-order valence-corrected chi connectivity index (χ0v) is 19.0. The van der Waals surface area contributed by atoms with Crippen LogP contribution in [-0.2, 0) is 20.2 Å². The van der Waals surface area contributed by atoms with Crippen molar-refractivity contribution in [3.63, 3.8) is 0 Å². The molecule has 3 aromatic rings. The number of anilines is 1. The van der Waals surface area contributed by atoms with Gasteiger partial charge < -0.3 is 30.5 Å². The number of phosphoric acid groups is 1. The molecule has 33 heavy (non-hydrogen) atoms. The van der Waals surface area contributed by atoms with Crippen molar-refractivity contribution in [2.24, 2.45) is 0 Å². The van der Waals surface area contributed by atoms with Crippen LogP contribution in [0.2, 0.25) is 0 Å². The normalized spacial score (nSPS) is 23.4. The van der Waals surface area contributed by atoms with Gasteiger partial charge in [0.2, 0.25) is 0 Å². The van der Waals surface area contributed by atoms with E-state index in [1.54, 1.807) is 0 Å². The molecule has 4 atom stereocenters. The zero-order chi connectivity index (χ0) is 23.6. The molecule has 4 unspecified atom stereocenters. The number of nitrogens with zero attached hydrogens (tertiary/aromatic N) is 4. The van der Waals surface area contributed by atoms with Crippen LogP contribution in [0.5, 0.6) is 0 Å². The Bertz CT molecular complexity index is 1140. The highest BCUT2D eigenvalue weighted by Crippen LogP contribution is 2.40. The quantitative estimate of drug-likeness (QED) is 0.160. The van der Waals surface area contributed by atoms with E-state index in [0.29, 0.717) is 22.1 Å². The minimum atomic E-state index is -4.78. The van der Waals surface area contributed by atoms with Crippen LogP contribution in [0.3, 0.4) is 0 Å². The maximum Gasteiger partial charge on any atom is 0.469 e. The number of imidazole rings is 1. The highest BCUT2D eigenvalue weighted by molar-refractivity contribution is 7.99. The summed E-state index contributed by atoms with van der Waals surface area (Å²) in [5, 5.41) is 21.5. The summed E-state index contributed by atoms with van der Waals surface area (Å²) in [5.74, 6) is 0.848. The average Bonchev–Trinajstić information content (AvgIpc) is 3.28. The monoisotopic (exact) mass is 497 g/mol. The number of nitrogen functional groups attached to an aromatic ring is 1. The van der Waals surface area contributed by atoms with E-state index < -0.39 is 39.0 Å². The fraction of sp³-hybridized carbons (Fsp3) is 0.421. The van der Waals surface area contributed by atoms with Crippen molar-refractivity contribution in [2.45, 2.75) is 42.5 Å². The Kier molecular flexibility index (Phi) is 7.31. The van der Waals surface area contributed by atoms with Crippen LogP contribution in [0.25, 0.3) is 11.2 Å². The Balaban J connectivity index is 1.55. The van der Waals surface area contributed by atoms with Gasteiger partial charge in [-0.1, -0.05) is 42.1 Å². The van der Waals surface area contributed by atoms with Crippen molar-refractivity contribution in [3.05, 3.63) is 42.2 Å². The molecule has 14 heteroatoms. The van der Waals surface area contributed by atoms with Crippen LogP contribution in [0.1, 0.15) is 18.2 Å². The second-order valence-corrected chi connectivity index (χ2v) is 9.77. The molecule has 178 valence electrons. The van der Waals surface area contributed by atoms with E-state index in [-0.39, 0.29) is 5.82 Å². The van der Waals surface area contributed by atoms with Gasteiger partial charge in [-0.2, -0.15) is 0 Å². The van der Waals surface area contributed by atoms with E-state index in [2.05, 4.69) is 31.6 Å². The standard InChI is InChI=1S/C19H24N5O7PS/c20-16-13-17(22-10-21-16)24(18-15(26)14(25)12(31-18)9-30-32(27,28)29)19(23-13)33-8-4-7-11-5-2-1-3-6-11/h1-3,5-6,10,12,14-15,18,25-26H,4,7-9H2,(H2,20,21,22)(H2,27,28,29). The van der Waals surface area contributed by atoms with Gasteiger partial charge in [0, 0.05) is 5.75 Å². The van der Waals surface area contributed by atoms with E-state index in [9.17, 15) is 14.8 Å². The summed E-state index contributed by atoms with van der Waals surface area (Å²) in [5.41, 5.74) is 7.80. The third-order valence-corrected chi connectivity index (χ3v) is 6.68. The number of aliphatic hydroxyl groups excluding tert-OH is 2. The van der Waals surface area contributed by atoms with Crippen LogP contribution in [-0.4, -0.2) is 70.2 Å². The van der Waals surface area contributed by atoms with Crippen molar-refractivity contribution in [3.8, 4) is 0 Å². The smallest absolute Gasteiger partial charge is 0.387 e. The number of aliphatic hydroxyl groups is 2. The molecule has 6 N–H and O–H groups in total. The number of phosphoric ester groups is 1. The third-order valence-electron chi connectivity index (χ3n) is 5.16. The molecule has 0 aliphatic carbocycles. The lowest BCUT2D eigenvalue weighted by molar-refractivity contribution is -0.0541. The summed E-state index contributed by atoms with van der Waals surface area (Å²) in [7, 11) is -4.78. The molecule has 0 amide bonds. The molecule has 0 saturated carbocycles. The molecule has 1 saturated heterocycles. The van der Waals surface area contributed by atoms with E-state index in [1.807, 2.05) is 18.2 Å². The van der Waals surface area contributed by atoms with Gasteiger partial charge in [-0.25, -0.2) is 19.5 Å². The second-order valence-electron chi connectivity index (χ2n) is 7.47. The number of rotatable bonds is 9. The Morgan fingerprint density at radius 1 is 1.18 bits per heavy atom. The van der Waals surface area contributed by atoms with Crippen molar-refractivity contribution in [2.75, 3.05) is 18.1 Å². The van der Waals surface area contributed by atoms with Gasteiger partial charge in [-0.3, -0.25) is 9.09 Å². The van der Waals surface area contributed by atoms with Gasteiger partial charge in [0.15, 0.2) is 28.4 Å². The first kappa shape index (κ1) is 24.0. The number of hydrogen-bond acceptors (Lipinski definition) is 10. The summed E-state index contributed by atoms with van der Waals surface area (Å²) in [6.45, 7) is -0.609. The first-order chi connectivity index (χ1) is 15.7. The van der Waals surface area contributed by atoms with Crippen LogP contribution in [0.15, 0.2) is 41.8 Å². The SMILES string of the molecule is Nc1ncnc2c1nc(SCCCc1ccccc1)n2C1OC(COP(=O)(O)O)C(O)C1O. The summed E-state index contributed by atoms with van der Waals surface area (Å²) >= 11 is 1.41. The van der Waals surface area contributed by atoms with Crippen molar-refractivity contribution < 1.29 is 33.8 Å². The van der Waals surface area contributed by atoms with E-state index in [0.717, 1.165) is 12.8 Å². The van der Waals surface area contributed by atoms with Crippen molar-refractivity contribution in [1.29, 1.82) is 0 Å². The Hall–Kier alpha value is -2.09. The molecule has 1 aliphatic rings. The van der Waals surface area contributed by atoms with E-state index >= 15 is 0 Å². The second kappa shape index (κ2) is 10.0. The molecule has 0 radical (unpaired) electrons. The number of aryl methyl sites for hydroxylation is 1. The van der Waals surface area contributed by atoms with Crippen LogP contribution >= 0.6 is 19.6 Å². The largest absolute Gasteiger partial charge is 0.469 e. The van der Waals surface area contributed by atoms with Crippen LogP contribution in [0, 0.1) is 0 Å². The first-order valence-corrected chi connectivity index (χ1v) is 12.6. The highest BCUT2D eigenvalue weighted by atomic mass is 32.2. The maximum atomic E-state index is 11.0. The van der Waals surface area contributed by atoms with Gasteiger partial charge in [-0.15, -0.1) is 0 Å². The minimum absolute atomic E-state index is 0.152. The molecular formula is C19H24N5O7PS. The Morgan fingerprint density at radius 3 is 2.67 bits per heavy atom. The van der Waals surface area contributed by atoms with Gasteiger partial charge in [0.25, 0.3) is 0 Å². The molecule has 0 spiro atoms. The molecule has 1 aliphatic heterocycles. The Labute approximate surface area is 193 Å². The molecule has 1 aromatic carbocycles. The van der Waals surface area contributed by atoms with E-state index in [4.69, 9.17) is 20.3 Å². The maximum absolute atomic E-state index is 11.0. The number of ether oxygens (including phenoxy) is 1. The molecule has 1 fully saturated rings. The molecule has 3 heterocycles. The number of hydrogen-bond donors (Lipinski definition) is 5. The molecule has 12 nitrogen and oxygen atoms in total. The number of benzene rings is 1. The predicted molar refractivity (Wildman–Crippen MR) is 119 cm³/mol. The van der Waals surface area contributed by atoms with Crippen LogP contribution in [0.4, 0.5) is 5.82 Å². The average molecular weight is 497 g/mol. The van der Waals surface area contributed by atoms with Gasteiger partial charge in [-0.05, 0) is 18.4 Å². The summed E-state index contributed by atoms with van der Waals surface area (Å²) in [4.78, 5) is 30.6. The summed E-state index contributed by atoms with van der Waals surface area (Å²) in [6.07, 6.45) is -2.19. The summed E-state index contributed by atoms with van der Waals surface area (Å²) in [6, 6.07) is 10.0. The molecule has 2 aromatic heterocycles. The molecule has 4 rings (SSSR count). The molecular weight excluding hydrogens is 473 g/mol. The number of fused-ring (bicyclic) bond motifs is 1. The predicted octanol–water partition coefficient (Wildman–Crippen LogP) is 0.862. The fourth-order valence-corrected chi connectivity index (χ4v) is 4.87. The molecule has 0 bridgehead atoms. The van der Waals surface area contributed by atoms with Gasteiger partial charge in [0.05, 0.1) is 6.61 Å². The van der Waals surface area contributed by atoms with E-state index in [1.165, 1.54) is 28.2 Å². The highest BCUT2D eigenvalue weighted by Gasteiger charge is 2.46. The topological polar surface area (TPSA) is 186 Å². The summed E-state index contributed by atoms with van der Waals surface area (Å²) < 4.78 is 22.7. The number of nitrogens with two attached hydrogens (primary N) is 1. The zero-order valence-electron chi connectivity index (χ0n) is 17.3. The number of thioether (sulfide) groups is 1. The Morgan fingerprint density at radius 2 is 1.94 bits per heavy atom. The van der Waals surface area contributed by atoms with Crippen molar-refractivity contribution in [1.82, 2.24) is 19.5 Å². The van der Waals surface area contributed by atoms with Crippen molar-refractivity contribution >= 4 is 36.6 Å². The van der Waals surface area contributed by atoms with Gasteiger partial charge in [0.1, 0.15) is 24.6 Å². The number of aromatic nitrogens is 4. The van der Waals surface area contributed by atoms with Crippen LogP contribution < -0.4 is 5.73 Å².